The Morgan fingerprint density at radius 3 is 2.10 bits per heavy atom. The van der Waals surface area contributed by atoms with E-state index in [1.165, 1.54) is 45.4 Å². The number of hydrogen-bond acceptors (Lipinski definition) is 6. The van der Waals surface area contributed by atoms with Crippen LogP contribution >= 0.6 is 0 Å². The van der Waals surface area contributed by atoms with Crippen LogP contribution in [0.4, 0.5) is 24.5 Å². The molecule has 0 aliphatic carbocycles. The van der Waals surface area contributed by atoms with Crippen molar-refractivity contribution in [3.63, 3.8) is 0 Å². The van der Waals surface area contributed by atoms with E-state index in [0.717, 1.165) is 22.7 Å². The minimum atomic E-state index is -4.84. The molecule has 0 saturated carbocycles. The van der Waals surface area contributed by atoms with Crippen molar-refractivity contribution in [3.05, 3.63) is 42.5 Å². The summed E-state index contributed by atoms with van der Waals surface area (Å²) in [6.07, 6.45) is -3.91. The summed E-state index contributed by atoms with van der Waals surface area (Å²) in [5.74, 6) is -0.644. The van der Waals surface area contributed by atoms with Gasteiger partial charge in [0.05, 0.1) is 26.2 Å². The molecule has 0 aromatic heterocycles. The normalized spacial score (nSPS) is 12.6. The number of benzene rings is 2. The van der Waals surface area contributed by atoms with Crippen LogP contribution in [0.1, 0.15) is 6.92 Å². The van der Waals surface area contributed by atoms with Crippen molar-refractivity contribution in [3.8, 4) is 17.2 Å². The summed E-state index contributed by atoms with van der Waals surface area (Å²) in [6, 6.07) is 7.68. The van der Waals surface area contributed by atoms with Crippen molar-refractivity contribution in [2.75, 3.05) is 30.1 Å². The van der Waals surface area contributed by atoms with Crippen LogP contribution in [-0.2, 0) is 14.8 Å². The van der Waals surface area contributed by atoms with Crippen LogP contribution in [0.5, 0.6) is 17.2 Å². The van der Waals surface area contributed by atoms with Crippen LogP contribution in [-0.4, -0.2) is 47.2 Å². The fourth-order valence-electron chi connectivity index (χ4n) is 2.74. The predicted molar refractivity (Wildman–Crippen MR) is 108 cm³/mol. The maximum absolute atomic E-state index is 12.7. The number of carbonyl (C=O) groups is 1. The van der Waals surface area contributed by atoms with Crippen molar-refractivity contribution in [2.45, 2.75) is 19.3 Å². The van der Waals surface area contributed by atoms with Gasteiger partial charge in [0.25, 0.3) is 0 Å². The molecule has 0 bridgehead atoms. The number of alkyl halides is 3. The molecule has 8 nitrogen and oxygen atoms in total. The SMILES string of the molecule is COc1ccc(OC)c(N([C@@H](C)C(=O)Nc2ccc(OC(F)(F)F)cc2)S(C)(=O)=O)c1. The quantitative estimate of drug-likeness (QED) is 0.646. The second-order valence-corrected chi connectivity index (χ2v) is 8.19. The van der Waals surface area contributed by atoms with Gasteiger partial charge >= 0.3 is 6.36 Å². The number of methoxy groups -OCH3 is 2. The van der Waals surface area contributed by atoms with Gasteiger partial charge in [-0.3, -0.25) is 9.10 Å². The van der Waals surface area contributed by atoms with Crippen molar-refractivity contribution in [1.29, 1.82) is 0 Å². The molecule has 12 heteroatoms. The molecular weight excluding hydrogens is 441 g/mol. The third kappa shape index (κ3) is 6.41. The Balaban J connectivity index is 2.31. The molecule has 0 aliphatic heterocycles. The summed E-state index contributed by atoms with van der Waals surface area (Å²) in [7, 11) is -1.20. The fourth-order valence-corrected chi connectivity index (χ4v) is 3.91. The molecule has 1 atom stereocenters. The summed E-state index contributed by atoms with van der Waals surface area (Å²) in [6.45, 7) is 1.36. The zero-order valence-electron chi connectivity index (χ0n) is 17.1. The van der Waals surface area contributed by atoms with Crippen LogP contribution in [0.3, 0.4) is 0 Å². The highest BCUT2D eigenvalue weighted by Gasteiger charge is 2.32. The number of halogens is 3. The maximum Gasteiger partial charge on any atom is 0.573 e. The Bertz CT molecular complexity index is 1030. The number of nitrogens with one attached hydrogen (secondary N) is 1. The van der Waals surface area contributed by atoms with Crippen LogP contribution < -0.4 is 23.8 Å². The van der Waals surface area contributed by atoms with E-state index in [1.807, 2.05) is 0 Å². The van der Waals surface area contributed by atoms with Gasteiger partial charge < -0.3 is 19.5 Å². The second kappa shape index (κ2) is 9.33. The van der Waals surface area contributed by atoms with Crippen molar-refractivity contribution in [2.24, 2.45) is 0 Å². The van der Waals surface area contributed by atoms with Gasteiger partial charge in [-0.15, -0.1) is 13.2 Å². The number of carbonyl (C=O) groups excluding carboxylic acids is 1. The molecule has 1 amide bonds. The summed E-state index contributed by atoms with van der Waals surface area (Å²) < 4.78 is 76.8. The number of nitrogens with zero attached hydrogens (tertiary/aromatic N) is 1. The Hall–Kier alpha value is -3.15. The topological polar surface area (TPSA) is 94.2 Å². The van der Waals surface area contributed by atoms with E-state index in [0.29, 0.717) is 5.75 Å². The summed E-state index contributed by atoms with van der Waals surface area (Å²) in [5.41, 5.74) is 0.235. The predicted octanol–water partition coefficient (Wildman–Crippen LogP) is 3.40. The first kappa shape index (κ1) is 24.1. The highest BCUT2D eigenvalue weighted by atomic mass is 32.2. The Morgan fingerprint density at radius 1 is 1.03 bits per heavy atom. The van der Waals surface area contributed by atoms with Crippen LogP contribution in [0.15, 0.2) is 42.5 Å². The molecule has 0 heterocycles. The smallest absolute Gasteiger partial charge is 0.497 e. The number of amides is 1. The molecule has 0 saturated heterocycles. The van der Waals surface area contributed by atoms with Crippen LogP contribution in [0.2, 0.25) is 0 Å². The zero-order valence-corrected chi connectivity index (χ0v) is 17.9. The molecule has 2 rings (SSSR count). The first-order valence-corrected chi connectivity index (χ1v) is 10.6. The molecule has 0 spiro atoms. The van der Waals surface area contributed by atoms with Crippen molar-refractivity contribution in [1.82, 2.24) is 0 Å². The summed E-state index contributed by atoms with van der Waals surface area (Å²) >= 11 is 0. The van der Waals surface area contributed by atoms with Gasteiger partial charge in [-0.05, 0) is 43.3 Å². The number of ether oxygens (including phenoxy) is 3. The molecule has 1 N–H and O–H groups in total. The zero-order chi connectivity index (χ0) is 23.4. The van der Waals surface area contributed by atoms with E-state index in [9.17, 15) is 26.4 Å². The van der Waals surface area contributed by atoms with Gasteiger partial charge in [0.1, 0.15) is 23.3 Å². The first-order chi connectivity index (χ1) is 14.4. The number of sulfonamides is 1. The van der Waals surface area contributed by atoms with Gasteiger partial charge in [-0.1, -0.05) is 0 Å². The van der Waals surface area contributed by atoms with E-state index < -0.39 is 34.1 Å². The highest BCUT2D eigenvalue weighted by molar-refractivity contribution is 7.92. The minimum absolute atomic E-state index is 0.0842. The van der Waals surface area contributed by atoms with Gasteiger partial charge in [-0.25, -0.2) is 8.42 Å². The molecule has 31 heavy (non-hydrogen) atoms. The number of hydrogen-bond donors (Lipinski definition) is 1. The van der Waals surface area contributed by atoms with E-state index in [2.05, 4.69) is 10.1 Å². The number of anilines is 2. The highest BCUT2D eigenvalue weighted by Crippen LogP contribution is 2.35. The largest absolute Gasteiger partial charge is 0.573 e. The Labute approximate surface area is 177 Å². The lowest BCUT2D eigenvalue weighted by molar-refractivity contribution is -0.274. The second-order valence-electron chi connectivity index (χ2n) is 6.33. The van der Waals surface area contributed by atoms with Crippen molar-refractivity contribution < 1.29 is 40.6 Å². The standard InChI is InChI=1S/C19H21F3N2O6S/c1-12(18(25)23-13-5-7-14(8-6-13)30-19(20,21)22)24(31(4,26)27)16-11-15(28-2)9-10-17(16)29-3/h5-12H,1-4H3,(H,23,25)/t12-/m0/s1. The number of rotatable bonds is 8. The average molecular weight is 462 g/mol. The van der Waals surface area contributed by atoms with Gasteiger partial charge in [0, 0.05) is 11.8 Å². The minimum Gasteiger partial charge on any atom is -0.497 e. The third-order valence-corrected chi connectivity index (χ3v) is 5.29. The molecule has 0 unspecified atom stereocenters. The molecule has 0 fully saturated rings. The lowest BCUT2D eigenvalue weighted by Crippen LogP contribution is -2.45. The van der Waals surface area contributed by atoms with Gasteiger partial charge in [0.2, 0.25) is 15.9 Å². The van der Waals surface area contributed by atoms with Crippen molar-refractivity contribution >= 4 is 27.3 Å². The molecule has 2 aromatic rings. The van der Waals surface area contributed by atoms with Crippen LogP contribution in [0, 0.1) is 0 Å². The van der Waals surface area contributed by atoms with Gasteiger partial charge in [0.15, 0.2) is 0 Å². The van der Waals surface area contributed by atoms with E-state index in [4.69, 9.17) is 9.47 Å². The summed E-state index contributed by atoms with van der Waals surface area (Å²) in [4.78, 5) is 12.7. The van der Waals surface area contributed by atoms with Gasteiger partial charge in [-0.2, -0.15) is 0 Å². The molecule has 2 aromatic carbocycles. The molecule has 0 radical (unpaired) electrons. The molecule has 0 aliphatic rings. The lowest BCUT2D eigenvalue weighted by atomic mass is 10.2. The van der Waals surface area contributed by atoms with E-state index >= 15 is 0 Å². The summed E-state index contributed by atoms with van der Waals surface area (Å²) in [5, 5.41) is 2.47. The lowest BCUT2D eigenvalue weighted by Gasteiger charge is -2.29. The molecular formula is C19H21F3N2O6S. The third-order valence-electron chi connectivity index (χ3n) is 4.07. The monoisotopic (exact) mass is 462 g/mol. The average Bonchev–Trinajstić information content (AvgIpc) is 2.67. The van der Waals surface area contributed by atoms with E-state index in [-0.39, 0.29) is 17.1 Å². The maximum atomic E-state index is 12.7. The van der Waals surface area contributed by atoms with E-state index in [1.54, 1.807) is 6.07 Å². The Kier molecular flexibility index (Phi) is 7.26. The van der Waals surface area contributed by atoms with Crippen LogP contribution in [0.25, 0.3) is 0 Å². The fraction of sp³-hybridized carbons (Fsp3) is 0.316. The molecule has 170 valence electrons. The Morgan fingerprint density at radius 2 is 1.61 bits per heavy atom. The first-order valence-electron chi connectivity index (χ1n) is 8.74.